The number of anilines is 2. The Labute approximate surface area is 145 Å². The number of carbonyl (C=O) groups is 1. The molecule has 0 amide bonds. The molecule has 0 saturated heterocycles. The van der Waals surface area contributed by atoms with Gasteiger partial charge in [-0.15, -0.1) is 0 Å². The molecule has 0 spiro atoms. The molecule has 3 rings (SSSR count). The first-order valence-corrected chi connectivity index (χ1v) is 7.77. The summed E-state index contributed by atoms with van der Waals surface area (Å²) in [6, 6.07) is 20.8. The fourth-order valence-electron chi connectivity index (χ4n) is 2.64. The van der Waals surface area contributed by atoms with Crippen molar-refractivity contribution in [3.05, 3.63) is 99.6 Å². The van der Waals surface area contributed by atoms with Crippen LogP contribution in [0.1, 0.15) is 21.5 Å². The van der Waals surface area contributed by atoms with E-state index in [2.05, 4.69) is 5.32 Å². The number of carbonyl (C=O) groups excluding carboxylic acids is 1. The normalized spacial score (nSPS) is 10.3. The maximum atomic E-state index is 12.6. The predicted molar refractivity (Wildman–Crippen MR) is 97.4 cm³/mol. The molecule has 0 heterocycles. The van der Waals surface area contributed by atoms with Gasteiger partial charge in [0.2, 0.25) is 0 Å². The van der Waals surface area contributed by atoms with Crippen molar-refractivity contribution in [3.8, 4) is 0 Å². The van der Waals surface area contributed by atoms with Crippen molar-refractivity contribution in [2.75, 3.05) is 5.32 Å². The Balaban J connectivity index is 1.88. The number of benzene rings is 3. The average molecular weight is 332 g/mol. The Morgan fingerprint density at radius 3 is 2.32 bits per heavy atom. The lowest BCUT2D eigenvalue weighted by Crippen LogP contribution is -2.04. The first-order valence-electron chi connectivity index (χ1n) is 7.77. The lowest BCUT2D eigenvalue weighted by atomic mass is 9.98. The molecule has 0 saturated carbocycles. The van der Waals surface area contributed by atoms with Crippen LogP contribution in [0.25, 0.3) is 0 Å². The van der Waals surface area contributed by atoms with Crippen molar-refractivity contribution in [2.45, 2.75) is 6.92 Å². The first-order chi connectivity index (χ1) is 12.1. The fourth-order valence-corrected chi connectivity index (χ4v) is 2.64. The van der Waals surface area contributed by atoms with Crippen molar-refractivity contribution in [2.24, 2.45) is 0 Å². The van der Waals surface area contributed by atoms with Gasteiger partial charge in [-0.2, -0.15) is 0 Å². The Hall–Kier alpha value is -3.47. The highest BCUT2D eigenvalue weighted by Gasteiger charge is 2.14. The minimum absolute atomic E-state index is 0.00425. The van der Waals surface area contributed by atoms with E-state index < -0.39 is 4.92 Å². The van der Waals surface area contributed by atoms with Crippen molar-refractivity contribution in [1.29, 1.82) is 0 Å². The van der Waals surface area contributed by atoms with Crippen LogP contribution in [0.5, 0.6) is 0 Å². The fraction of sp³-hybridized carbons (Fsp3) is 0.0500. The van der Waals surface area contributed by atoms with E-state index in [0.717, 1.165) is 5.56 Å². The third-order valence-electron chi connectivity index (χ3n) is 3.89. The van der Waals surface area contributed by atoms with Crippen LogP contribution in [0.2, 0.25) is 0 Å². The number of nitro benzene ring substituents is 1. The van der Waals surface area contributed by atoms with Gasteiger partial charge in [-0.05, 0) is 36.8 Å². The third kappa shape index (κ3) is 3.55. The number of ketones is 1. The highest BCUT2D eigenvalue weighted by Crippen LogP contribution is 2.28. The number of nitro groups is 1. The Kier molecular flexibility index (Phi) is 4.57. The molecule has 0 radical (unpaired) electrons. The quantitative estimate of drug-likeness (QED) is 0.411. The second-order valence-electron chi connectivity index (χ2n) is 5.62. The molecule has 0 aliphatic carbocycles. The Morgan fingerprint density at radius 2 is 1.64 bits per heavy atom. The monoisotopic (exact) mass is 332 g/mol. The largest absolute Gasteiger partial charge is 0.350 e. The van der Waals surface area contributed by atoms with Crippen LogP contribution in [0.15, 0.2) is 72.8 Å². The molecule has 0 aromatic heterocycles. The molecule has 0 bridgehead atoms. The number of rotatable bonds is 5. The molecule has 0 aliphatic rings. The molecule has 25 heavy (non-hydrogen) atoms. The summed E-state index contributed by atoms with van der Waals surface area (Å²) < 4.78 is 0. The van der Waals surface area contributed by atoms with Gasteiger partial charge in [-0.25, -0.2) is 0 Å². The van der Waals surface area contributed by atoms with Gasteiger partial charge in [-0.3, -0.25) is 14.9 Å². The second-order valence-corrected chi connectivity index (χ2v) is 5.62. The van der Waals surface area contributed by atoms with Gasteiger partial charge in [0.15, 0.2) is 5.78 Å². The van der Waals surface area contributed by atoms with E-state index in [-0.39, 0.29) is 11.5 Å². The number of aryl methyl sites for hydroxylation is 1. The van der Waals surface area contributed by atoms with Gasteiger partial charge < -0.3 is 5.32 Å². The number of nitrogens with zero attached hydrogens (tertiary/aromatic N) is 1. The summed E-state index contributed by atoms with van der Waals surface area (Å²) in [7, 11) is 0. The number of hydrogen-bond donors (Lipinski definition) is 1. The minimum atomic E-state index is -0.428. The van der Waals surface area contributed by atoms with Crippen LogP contribution in [-0.2, 0) is 0 Å². The molecular formula is C20H16N2O3. The molecule has 1 N–H and O–H groups in total. The molecular weight excluding hydrogens is 316 g/mol. The topological polar surface area (TPSA) is 72.2 Å². The van der Waals surface area contributed by atoms with Gasteiger partial charge in [-0.1, -0.05) is 42.5 Å². The smallest absolute Gasteiger partial charge is 0.292 e. The van der Waals surface area contributed by atoms with E-state index >= 15 is 0 Å². The molecule has 124 valence electrons. The zero-order valence-electron chi connectivity index (χ0n) is 13.6. The molecule has 0 aliphatic heterocycles. The minimum Gasteiger partial charge on any atom is -0.350 e. The zero-order chi connectivity index (χ0) is 17.8. The highest BCUT2D eigenvalue weighted by atomic mass is 16.6. The van der Waals surface area contributed by atoms with Crippen LogP contribution in [0.3, 0.4) is 0 Å². The van der Waals surface area contributed by atoms with Crippen molar-refractivity contribution >= 4 is 22.8 Å². The van der Waals surface area contributed by atoms with Crippen LogP contribution in [-0.4, -0.2) is 10.7 Å². The third-order valence-corrected chi connectivity index (χ3v) is 3.89. The van der Waals surface area contributed by atoms with Crippen molar-refractivity contribution in [3.63, 3.8) is 0 Å². The zero-order valence-corrected chi connectivity index (χ0v) is 13.6. The predicted octanol–water partition coefficient (Wildman–Crippen LogP) is 4.88. The molecule has 0 fully saturated rings. The van der Waals surface area contributed by atoms with E-state index in [1.807, 2.05) is 31.2 Å². The molecule has 0 unspecified atom stereocenters. The van der Waals surface area contributed by atoms with Gasteiger partial charge in [0, 0.05) is 22.9 Å². The highest BCUT2D eigenvalue weighted by molar-refractivity contribution is 6.10. The SMILES string of the molecule is Cc1cc(Nc2ccccc2[N+](=O)[O-])ccc1C(=O)c1ccccc1. The second kappa shape index (κ2) is 6.97. The van der Waals surface area contributed by atoms with Gasteiger partial charge >= 0.3 is 0 Å². The average Bonchev–Trinajstić information content (AvgIpc) is 2.62. The van der Waals surface area contributed by atoms with Crippen LogP contribution in [0.4, 0.5) is 17.1 Å². The molecule has 0 atom stereocenters. The number of nitrogens with one attached hydrogen (secondary N) is 1. The summed E-state index contributed by atoms with van der Waals surface area (Å²) in [5.74, 6) is -0.0460. The first kappa shape index (κ1) is 16.4. The van der Waals surface area contributed by atoms with Crippen molar-refractivity contribution in [1.82, 2.24) is 0 Å². The van der Waals surface area contributed by atoms with E-state index in [4.69, 9.17) is 0 Å². The Bertz CT molecular complexity index is 937. The standard InChI is InChI=1S/C20H16N2O3/c1-14-13-16(21-18-9-5-6-10-19(18)22(24)25)11-12-17(14)20(23)15-7-3-2-4-8-15/h2-13,21H,1H3. The lowest BCUT2D eigenvalue weighted by Gasteiger charge is -2.10. The summed E-state index contributed by atoms with van der Waals surface area (Å²) >= 11 is 0. The summed E-state index contributed by atoms with van der Waals surface area (Å²) in [5.41, 5.74) is 3.15. The maximum Gasteiger partial charge on any atom is 0.292 e. The van der Waals surface area contributed by atoms with Gasteiger partial charge in [0.1, 0.15) is 5.69 Å². The number of hydrogen-bond acceptors (Lipinski definition) is 4. The Morgan fingerprint density at radius 1 is 0.960 bits per heavy atom. The summed E-state index contributed by atoms with van der Waals surface area (Å²) in [6.45, 7) is 1.85. The maximum absolute atomic E-state index is 12.6. The molecule has 3 aromatic rings. The summed E-state index contributed by atoms with van der Waals surface area (Å²) in [5, 5.41) is 14.1. The number of para-hydroxylation sites is 2. The summed E-state index contributed by atoms with van der Waals surface area (Å²) in [6.07, 6.45) is 0. The summed E-state index contributed by atoms with van der Waals surface area (Å²) in [4.78, 5) is 23.2. The van der Waals surface area contributed by atoms with Crippen LogP contribution < -0.4 is 5.32 Å². The van der Waals surface area contributed by atoms with E-state index in [1.165, 1.54) is 6.07 Å². The molecule has 5 nitrogen and oxygen atoms in total. The lowest BCUT2D eigenvalue weighted by molar-refractivity contribution is -0.383. The van der Waals surface area contributed by atoms with Crippen LogP contribution in [0, 0.1) is 17.0 Å². The van der Waals surface area contributed by atoms with Gasteiger partial charge in [0.25, 0.3) is 5.69 Å². The van der Waals surface area contributed by atoms with Crippen LogP contribution >= 0.6 is 0 Å². The van der Waals surface area contributed by atoms with Crippen molar-refractivity contribution < 1.29 is 9.72 Å². The molecule has 3 aromatic carbocycles. The van der Waals surface area contributed by atoms with E-state index in [0.29, 0.717) is 22.5 Å². The van der Waals surface area contributed by atoms with E-state index in [1.54, 1.807) is 42.5 Å². The molecule has 5 heteroatoms. The van der Waals surface area contributed by atoms with E-state index in [9.17, 15) is 14.9 Å². The van der Waals surface area contributed by atoms with Gasteiger partial charge in [0.05, 0.1) is 4.92 Å².